The molecule has 0 saturated heterocycles. The zero-order chi connectivity index (χ0) is 17.1. The number of hydrogen-bond acceptors (Lipinski definition) is 3. The van der Waals surface area contributed by atoms with Gasteiger partial charge in [0.15, 0.2) is 0 Å². The van der Waals surface area contributed by atoms with Crippen molar-refractivity contribution in [3.63, 3.8) is 0 Å². The summed E-state index contributed by atoms with van der Waals surface area (Å²) in [6.07, 6.45) is 1.65. The molecule has 0 aromatic heterocycles. The van der Waals surface area contributed by atoms with E-state index in [0.717, 1.165) is 22.4 Å². The maximum Gasteiger partial charge on any atom is 0.227 e. The SMILES string of the molecule is NC1(c2ccccc2)OC=C(c2ccccc2)N=C1c1ccccc1. The summed E-state index contributed by atoms with van der Waals surface area (Å²) in [6.45, 7) is 0. The van der Waals surface area contributed by atoms with E-state index in [0.29, 0.717) is 5.71 Å². The van der Waals surface area contributed by atoms with E-state index in [4.69, 9.17) is 15.5 Å². The fraction of sp³-hybridized carbons (Fsp3) is 0.0455. The van der Waals surface area contributed by atoms with Gasteiger partial charge >= 0.3 is 0 Å². The van der Waals surface area contributed by atoms with Crippen LogP contribution in [-0.4, -0.2) is 5.71 Å². The zero-order valence-corrected chi connectivity index (χ0v) is 13.7. The molecule has 3 heteroatoms. The highest BCUT2D eigenvalue weighted by Crippen LogP contribution is 2.33. The molecular weight excluding hydrogens is 308 g/mol. The molecule has 122 valence electrons. The first-order valence-corrected chi connectivity index (χ1v) is 8.20. The number of nitrogens with two attached hydrogens (primary N) is 1. The van der Waals surface area contributed by atoms with Crippen molar-refractivity contribution in [2.75, 3.05) is 0 Å². The van der Waals surface area contributed by atoms with Gasteiger partial charge in [-0.15, -0.1) is 0 Å². The predicted molar refractivity (Wildman–Crippen MR) is 101 cm³/mol. The van der Waals surface area contributed by atoms with Gasteiger partial charge in [-0.25, -0.2) is 4.99 Å². The molecule has 1 unspecified atom stereocenters. The number of rotatable bonds is 3. The van der Waals surface area contributed by atoms with Gasteiger partial charge in [0.1, 0.15) is 17.7 Å². The van der Waals surface area contributed by atoms with E-state index in [1.807, 2.05) is 91.0 Å². The van der Waals surface area contributed by atoms with Crippen LogP contribution in [0.25, 0.3) is 5.70 Å². The highest BCUT2D eigenvalue weighted by Gasteiger charge is 2.38. The van der Waals surface area contributed by atoms with Crippen molar-refractivity contribution in [2.24, 2.45) is 10.7 Å². The van der Waals surface area contributed by atoms with Gasteiger partial charge in [0, 0.05) is 16.7 Å². The molecule has 0 saturated carbocycles. The van der Waals surface area contributed by atoms with Crippen LogP contribution in [0.15, 0.2) is 102 Å². The Morgan fingerprint density at radius 1 is 0.680 bits per heavy atom. The average molecular weight is 326 g/mol. The lowest BCUT2D eigenvalue weighted by atomic mass is 9.92. The fourth-order valence-corrected chi connectivity index (χ4v) is 2.94. The number of hydrogen-bond donors (Lipinski definition) is 1. The Hall–Kier alpha value is -3.17. The molecule has 1 aliphatic heterocycles. The van der Waals surface area contributed by atoms with Gasteiger partial charge in [-0.05, 0) is 0 Å². The second-order valence-electron chi connectivity index (χ2n) is 5.92. The highest BCUT2D eigenvalue weighted by molar-refractivity contribution is 6.09. The van der Waals surface area contributed by atoms with Gasteiger partial charge in [-0.1, -0.05) is 91.0 Å². The Labute approximate surface area is 147 Å². The van der Waals surface area contributed by atoms with E-state index in [1.54, 1.807) is 6.26 Å². The van der Waals surface area contributed by atoms with Crippen molar-refractivity contribution in [3.8, 4) is 0 Å². The normalized spacial score (nSPS) is 19.6. The van der Waals surface area contributed by atoms with E-state index in [2.05, 4.69) is 0 Å². The van der Waals surface area contributed by atoms with Gasteiger partial charge in [0.05, 0.1) is 0 Å². The van der Waals surface area contributed by atoms with Crippen LogP contribution in [0.5, 0.6) is 0 Å². The Morgan fingerprint density at radius 2 is 1.20 bits per heavy atom. The predicted octanol–water partition coefficient (Wildman–Crippen LogP) is 4.32. The van der Waals surface area contributed by atoms with Gasteiger partial charge in [0.25, 0.3) is 0 Å². The van der Waals surface area contributed by atoms with Crippen LogP contribution in [0, 0.1) is 0 Å². The fourth-order valence-electron chi connectivity index (χ4n) is 2.94. The molecule has 3 aromatic rings. The van der Waals surface area contributed by atoms with Crippen LogP contribution in [-0.2, 0) is 10.5 Å². The first-order valence-electron chi connectivity index (χ1n) is 8.20. The summed E-state index contributed by atoms with van der Waals surface area (Å²) >= 11 is 0. The average Bonchev–Trinajstić information content (AvgIpc) is 2.70. The second-order valence-corrected chi connectivity index (χ2v) is 5.92. The Kier molecular flexibility index (Phi) is 3.92. The van der Waals surface area contributed by atoms with Crippen molar-refractivity contribution < 1.29 is 4.74 Å². The molecule has 0 spiro atoms. The van der Waals surface area contributed by atoms with Gasteiger partial charge in [-0.2, -0.15) is 0 Å². The maximum atomic E-state index is 6.70. The minimum Gasteiger partial charge on any atom is -0.468 e. The van der Waals surface area contributed by atoms with Crippen LogP contribution in [0.3, 0.4) is 0 Å². The molecule has 0 amide bonds. The third kappa shape index (κ3) is 2.86. The number of ether oxygens (including phenoxy) is 1. The summed E-state index contributed by atoms with van der Waals surface area (Å²) < 4.78 is 6.07. The van der Waals surface area contributed by atoms with Crippen LogP contribution in [0.4, 0.5) is 0 Å². The van der Waals surface area contributed by atoms with E-state index in [9.17, 15) is 0 Å². The summed E-state index contributed by atoms with van der Waals surface area (Å²) in [5, 5.41) is 0. The molecule has 3 aromatic carbocycles. The van der Waals surface area contributed by atoms with Crippen LogP contribution < -0.4 is 5.73 Å². The molecule has 1 atom stereocenters. The largest absolute Gasteiger partial charge is 0.468 e. The molecular formula is C22H18N2O. The minimum absolute atomic E-state index is 0.695. The second kappa shape index (κ2) is 6.38. The molecule has 25 heavy (non-hydrogen) atoms. The molecule has 1 aliphatic rings. The van der Waals surface area contributed by atoms with E-state index in [1.165, 1.54) is 0 Å². The first-order chi connectivity index (χ1) is 12.3. The van der Waals surface area contributed by atoms with Gasteiger partial charge in [0.2, 0.25) is 5.72 Å². The summed E-state index contributed by atoms with van der Waals surface area (Å²) in [7, 11) is 0. The third-order valence-corrected chi connectivity index (χ3v) is 4.26. The summed E-state index contributed by atoms with van der Waals surface area (Å²) in [6, 6.07) is 29.7. The lowest BCUT2D eigenvalue weighted by molar-refractivity contribution is 0.0902. The number of aliphatic imine (C=N–C) groups is 1. The molecule has 0 aliphatic carbocycles. The molecule has 1 heterocycles. The van der Waals surface area contributed by atoms with E-state index in [-0.39, 0.29) is 0 Å². The standard InChI is InChI=1S/C22H18N2O/c23-22(19-14-8-3-9-15-19)21(18-12-6-2-7-13-18)24-20(16-25-22)17-10-4-1-5-11-17/h1-16H,23H2. The van der Waals surface area contributed by atoms with Crippen molar-refractivity contribution >= 4 is 11.4 Å². The molecule has 2 N–H and O–H groups in total. The summed E-state index contributed by atoms with van der Waals surface area (Å²) in [5.74, 6) is 0. The lowest BCUT2D eigenvalue weighted by Gasteiger charge is -2.34. The van der Waals surface area contributed by atoms with E-state index < -0.39 is 5.72 Å². The number of nitrogens with zero attached hydrogens (tertiary/aromatic N) is 1. The van der Waals surface area contributed by atoms with Crippen molar-refractivity contribution in [1.82, 2.24) is 0 Å². The minimum atomic E-state index is -1.12. The highest BCUT2D eigenvalue weighted by atomic mass is 16.5. The van der Waals surface area contributed by atoms with Crippen LogP contribution in [0.2, 0.25) is 0 Å². The van der Waals surface area contributed by atoms with Crippen LogP contribution in [0.1, 0.15) is 16.7 Å². The van der Waals surface area contributed by atoms with Crippen molar-refractivity contribution in [2.45, 2.75) is 5.72 Å². The molecule has 0 bridgehead atoms. The summed E-state index contributed by atoms with van der Waals surface area (Å²) in [5.41, 5.74) is 9.82. The molecule has 0 fully saturated rings. The van der Waals surface area contributed by atoms with Gasteiger partial charge in [-0.3, -0.25) is 5.73 Å². The summed E-state index contributed by atoms with van der Waals surface area (Å²) in [4.78, 5) is 4.88. The third-order valence-electron chi connectivity index (χ3n) is 4.26. The lowest BCUT2D eigenvalue weighted by Crippen LogP contribution is -2.48. The Morgan fingerprint density at radius 3 is 1.80 bits per heavy atom. The Balaban J connectivity index is 1.86. The number of benzene rings is 3. The molecule has 3 nitrogen and oxygen atoms in total. The molecule has 0 radical (unpaired) electrons. The van der Waals surface area contributed by atoms with Crippen molar-refractivity contribution in [3.05, 3.63) is 114 Å². The monoisotopic (exact) mass is 326 g/mol. The maximum absolute atomic E-state index is 6.70. The zero-order valence-electron chi connectivity index (χ0n) is 13.7. The quantitative estimate of drug-likeness (QED) is 0.779. The van der Waals surface area contributed by atoms with Gasteiger partial charge < -0.3 is 4.74 Å². The topological polar surface area (TPSA) is 47.6 Å². The van der Waals surface area contributed by atoms with Crippen LogP contribution >= 0.6 is 0 Å². The molecule has 4 rings (SSSR count). The Bertz CT molecular complexity index is 918. The van der Waals surface area contributed by atoms with Crippen molar-refractivity contribution in [1.29, 1.82) is 0 Å². The smallest absolute Gasteiger partial charge is 0.227 e. The first kappa shape index (κ1) is 15.4. The van der Waals surface area contributed by atoms with E-state index >= 15 is 0 Å².